The van der Waals surface area contributed by atoms with E-state index in [9.17, 15) is 0 Å². The van der Waals surface area contributed by atoms with E-state index in [1.165, 1.54) is 0 Å². The minimum Gasteiger partial charge on any atom is -0.534 e. The normalized spacial score (nSPS) is 10.6. The van der Waals surface area contributed by atoms with E-state index in [0.717, 1.165) is 11.3 Å². The van der Waals surface area contributed by atoms with E-state index in [1.807, 2.05) is 31.2 Å². The lowest BCUT2D eigenvalue weighted by molar-refractivity contribution is 0.604. The van der Waals surface area contributed by atoms with Gasteiger partial charge in [0, 0.05) is 0 Å². The molecule has 1 rings (SSSR count). The number of hydrogen-bond donors (Lipinski definition) is 0. The largest absolute Gasteiger partial charge is 0.534 e. The molecule has 0 N–H and O–H groups in total. The van der Waals surface area contributed by atoms with Gasteiger partial charge < -0.3 is 4.43 Å². The summed E-state index contributed by atoms with van der Waals surface area (Å²) in [4.78, 5) is 0. The highest BCUT2D eigenvalue weighted by atomic mass is 35.6. The Bertz CT molecular complexity index is 215. The maximum Gasteiger partial charge on any atom is 0.316 e. The van der Waals surface area contributed by atoms with E-state index in [1.54, 1.807) is 0 Å². The topological polar surface area (TPSA) is 9.23 Å². The molecular formula is C7H9ClOSi. The Morgan fingerprint density at radius 3 is 2.70 bits per heavy atom. The Morgan fingerprint density at radius 2 is 2.10 bits per heavy atom. The molecule has 0 aliphatic rings. The molecule has 1 nitrogen and oxygen atoms in total. The monoisotopic (exact) mass is 172 g/mol. The molecule has 0 bridgehead atoms. The van der Waals surface area contributed by atoms with Gasteiger partial charge in [-0.1, -0.05) is 18.2 Å². The smallest absolute Gasteiger partial charge is 0.316 e. The first-order valence-corrected chi connectivity index (χ1v) is 5.80. The van der Waals surface area contributed by atoms with Crippen molar-refractivity contribution >= 4 is 20.2 Å². The molecule has 1 aromatic rings. The lowest BCUT2D eigenvalue weighted by Crippen LogP contribution is -1.94. The average Bonchev–Trinajstić information content (AvgIpc) is 1.94. The van der Waals surface area contributed by atoms with Crippen LogP contribution < -0.4 is 4.43 Å². The summed E-state index contributed by atoms with van der Waals surface area (Å²) in [6, 6.07) is 7.88. The molecular weight excluding hydrogens is 164 g/mol. The van der Waals surface area contributed by atoms with Crippen LogP contribution in [0.5, 0.6) is 5.75 Å². The molecule has 0 radical (unpaired) electrons. The summed E-state index contributed by atoms with van der Waals surface area (Å²) < 4.78 is 5.24. The molecule has 0 saturated heterocycles. The van der Waals surface area contributed by atoms with Gasteiger partial charge in [0.1, 0.15) is 5.75 Å². The van der Waals surface area contributed by atoms with Gasteiger partial charge in [-0.3, -0.25) is 0 Å². The molecule has 0 amide bonds. The second-order valence-corrected chi connectivity index (χ2v) is 3.18. The summed E-state index contributed by atoms with van der Waals surface area (Å²) >= 11 is 5.52. The fourth-order valence-electron chi connectivity index (χ4n) is 0.777. The third-order valence-corrected chi connectivity index (χ3v) is 2.05. The third kappa shape index (κ3) is 1.75. The summed E-state index contributed by atoms with van der Waals surface area (Å²) in [6.45, 7) is 2.01. The van der Waals surface area contributed by atoms with Gasteiger partial charge in [-0.25, -0.2) is 0 Å². The minimum absolute atomic E-state index is 0.833. The van der Waals surface area contributed by atoms with Crippen molar-refractivity contribution in [3.8, 4) is 5.75 Å². The van der Waals surface area contributed by atoms with Crippen LogP contribution in [0.25, 0.3) is 0 Å². The summed E-state index contributed by atoms with van der Waals surface area (Å²) in [7, 11) is -0.833. The van der Waals surface area contributed by atoms with Crippen molar-refractivity contribution in [1.29, 1.82) is 0 Å². The van der Waals surface area contributed by atoms with Gasteiger partial charge in [0.05, 0.1) is 0 Å². The van der Waals surface area contributed by atoms with Crippen LogP contribution in [0.2, 0.25) is 0 Å². The number of hydrogen-bond acceptors (Lipinski definition) is 1. The number of rotatable bonds is 2. The predicted molar refractivity (Wildman–Crippen MR) is 46.2 cm³/mol. The second-order valence-electron chi connectivity index (χ2n) is 2.02. The highest BCUT2D eigenvalue weighted by Gasteiger charge is 1.93. The van der Waals surface area contributed by atoms with Gasteiger partial charge in [-0.15, -0.1) is 11.1 Å². The van der Waals surface area contributed by atoms with Crippen molar-refractivity contribution in [3.63, 3.8) is 0 Å². The summed E-state index contributed by atoms with van der Waals surface area (Å²) in [5, 5.41) is 0. The van der Waals surface area contributed by atoms with Crippen molar-refractivity contribution in [1.82, 2.24) is 0 Å². The van der Waals surface area contributed by atoms with E-state index >= 15 is 0 Å². The van der Waals surface area contributed by atoms with E-state index in [-0.39, 0.29) is 0 Å². The SMILES string of the molecule is Cc1ccccc1O[SiH2]Cl. The van der Waals surface area contributed by atoms with Gasteiger partial charge >= 0.3 is 9.07 Å². The molecule has 3 heteroatoms. The van der Waals surface area contributed by atoms with Crippen molar-refractivity contribution < 1.29 is 4.43 Å². The first-order chi connectivity index (χ1) is 4.84. The van der Waals surface area contributed by atoms with E-state index in [4.69, 9.17) is 15.5 Å². The average molecular weight is 173 g/mol. The molecule has 0 aromatic heterocycles. The van der Waals surface area contributed by atoms with Gasteiger partial charge in [0.2, 0.25) is 0 Å². The van der Waals surface area contributed by atoms with Gasteiger partial charge in [-0.05, 0) is 18.6 Å². The third-order valence-electron chi connectivity index (χ3n) is 1.30. The summed E-state index contributed by atoms with van der Waals surface area (Å²) in [6.07, 6.45) is 0. The fourth-order valence-corrected chi connectivity index (χ4v) is 1.57. The number of para-hydroxylation sites is 1. The zero-order chi connectivity index (χ0) is 7.40. The van der Waals surface area contributed by atoms with E-state index < -0.39 is 9.07 Å². The van der Waals surface area contributed by atoms with Gasteiger partial charge in [0.15, 0.2) is 0 Å². The standard InChI is InChI=1S/C7H9ClOSi/c1-6-4-2-3-5-7(6)9-10-8/h2-5H,10H2,1H3. The van der Waals surface area contributed by atoms with Crippen LogP contribution in [0.1, 0.15) is 5.56 Å². The summed E-state index contributed by atoms with van der Waals surface area (Å²) in [5.41, 5.74) is 1.15. The lowest BCUT2D eigenvalue weighted by Gasteiger charge is -2.03. The highest BCUT2D eigenvalue weighted by Crippen LogP contribution is 2.15. The van der Waals surface area contributed by atoms with Crippen LogP contribution in [0.3, 0.4) is 0 Å². The van der Waals surface area contributed by atoms with Crippen LogP contribution in [0.4, 0.5) is 0 Å². The number of aryl methyl sites for hydroxylation is 1. The molecule has 10 heavy (non-hydrogen) atoms. The second kappa shape index (κ2) is 3.64. The first-order valence-electron chi connectivity index (χ1n) is 3.09. The van der Waals surface area contributed by atoms with Crippen molar-refractivity contribution in [3.05, 3.63) is 29.8 Å². The first kappa shape index (κ1) is 7.63. The predicted octanol–water partition coefficient (Wildman–Crippen LogP) is 1.61. The Hall–Kier alpha value is -0.473. The van der Waals surface area contributed by atoms with Crippen molar-refractivity contribution in [2.24, 2.45) is 0 Å². The molecule has 0 aliphatic carbocycles. The minimum atomic E-state index is -0.833. The zero-order valence-corrected chi connectivity index (χ0v) is 7.97. The van der Waals surface area contributed by atoms with Crippen LogP contribution in [-0.4, -0.2) is 9.07 Å². The maximum atomic E-state index is 5.52. The molecule has 0 fully saturated rings. The molecule has 0 spiro atoms. The van der Waals surface area contributed by atoms with Crippen molar-refractivity contribution in [2.45, 2.75) is 6.92 Å². The van der Waals surface area contributed by atoms with Crippen LogP contribution in [0, 0.1) is 6.92 Å². The van der Waals surface area contributed by atoms with E-state index in [0.29, 0.717) is 0 Å². The Kier molecular flexibility index (Phi) is 2.77. The molecule has 1 aromatic carbocycles. The molecule has 0 heterocycles. The molecule has 0 aliphatic heterocycles. The molecule has 0 atom stereocenters. The van der Waals surface area contributed by atoms with E-state index in [2.05, 4.69) is 0 Å². The Balaban J connectivity index is 2.81. The van der Waals surface area contributed by atoms with Gasteiger partial charge in [-0.2, -0.15) is 0 Å². The van der Waals surface area contributed by atoms with Gasteiger partial charge in [0.25, 0.3) is 0 Å². The lowest BCUT2D eigenvalue weighted by atomic mass is 10.2. The summed E-state index contributed by atoms with van der Waals surface area (Å²) in [5.74, 6) is 0.921. The highest BCUT2D eigenvalue weighted by molar-refractivity contribution is 6.90. The zero-order valence-electron chi connectivity index (χ0n) is 5.80. The fraction of sp³-hybridized carbons (Fsp3) is 0.143. The number of benzene rings is 1. The Morgan fingerprint density at radius 1 is 1.40 bits per heavy atom. The molecule has 54 valence electrons. The van der Waals surface area contributed by atoms with Crippen LogP contribution in [0.15, 0.2) is 24.3 Å². The maximum absolute atomic E-state index is 5.52. The van der Waals surface area contributed by atoms with Crippen LogP contribution >= 0.6 is 11.1 Å². The number of halogens is 1. The quantitative estimate of drug-likeness (QED) is 0.487. The molecule has 0 unspecified atom stereocenters. The Labute approximate surface area is 67.6 Å². The molecule has 0 saturated carbocycles. The van der Waals surface area contributed by atoms with Crippen molar-refractivity contribution in [2.75, 3.05) is 0 Å². The van der Waals surface area contributed by atoms with Crippen LogP contribution in [-0.2, 0) is 0 Å².